The van der Waals surface area contributed by atoms with Crippen LogP contribution in [0.15, 0.2) is 24.4 Å². The van der Waals surface area contributed by atoms with Crippen molar-refractivity contribution in [2.24, 2.45) is 0 Å². The van der Waals surface area contributed by atoms with E-state index in [1.807, 2.05) is 13.8 Å². The minimum Gasteiger partial charge on any atom is -0.494 e. The summed E-state index contributed by atoms with van der Waals surface area (Å²) in [5.41, 5.74) is 0.634. The van der Waals surface area contributed by atoms with Crippen molar-refractivity contribution < 1.29 is 14.4 Å². The van der Waals surface area contributed by atoms with E-state index in [1.165, 1.54) is 6.08 Å². The van der Waals surface area contributed by atoms with Crippen LogP contribution in [0, 0.1) is 10.1 Å². The molecule has 0 heterocycles. The van der Waals surface area contributed by atoms with E-state index in [0.717, 1.165) is 6.20 Å². The Morgan fingerprint density at radius 1 is 1.29 bits per heavy atom. The second-order valence-corrected chi connectivity index (χ2v) is 3.17. The second kappa shape index (κ2) is 6.52. The molecule has 0 aliphatic carbocycles. The Hall–Kier alpha value is -2.04. The monoisotopic (exact) mass is 237 g/mol. The summed E-state index contributed by atoms with van der Waals surface area (Å²) in [5, 5.41) is 10.3. The Morgan fingerprint density at radius 3 is 2.59 bits per heavy atom. The molecule has 0 bridgehead atoms. The van der Waals surface area contributed by atoms with Crippen molar-refractivity contribution in [2.75, 3.05) is 13.2 Å². The normalized spacial score (nSPS) is 10.5. The van der Waals surface area contributed by atoms with Crippen molar-refractivity contribution in [1.29, 1.82) is 0 Å². The summed E-state index contributed by atoms with van der Waals surface area (Å²) in [5.74, 6) is 1.27. The highest BCUT2D eigenvalue weighted by molar-refractivity contribution is 5.58. The van der Waals surface area contributed by atoms with Gasteiger partial charge in [0.2, 0.25) is 6.20 Å². The Morgan fingerprint density at radius 2 is 2.00 bits per heavy atom. The molecule has 0 aliphatic heterocycles. The fraction of sp³-hybridized carbons (Fsp3) is 0.333. The zero-order chi connectivity index (χ0) is 12.7. The summed E-state index contributed by atoms with van der Waals surface area (Å²) in [4.78, 5) is 9.79. The first-order valence-corrected chi connectivity index (χ1v) is 5.38. The molecule has 1 aromatic carbocycles. The SMILES string of the molecule is CCOc1ccc(OCC)c(/C=C/[N+](=O)[O-])c1. The van der Waals surface area contributed by atoms with Gasteiger partial charge in [-0.05, 0) is 32.0 Å². The molecule has 0 aliphatic rings. The summed E-state index contributed by atoms with van der Waals surface area (Å²) in [6.07, 6.45) is 2.28. The van der Waals surface area contributed by atoms with Crippen molar-refractivity contribution in [2.45, 2.75) is 13.8 Å². The molecule has 0 saturated carbocycles. The third-order valence-corrected chi connectivity index (χ3v) is 1.97. The lowest BCUT2D eigenvalue weighted by Gasteiger charge is -2.09. The van der Waals surface area contributed by atoms with Gasteiger partial charge in [-0.1, -0.05) is 0 Å². The Balaban J connectivity index is 3.01. The lowest BCUT2D eigenvalue weighted by Crippen LogP contribution is -1.96. The molecule has 5 nitrogen and oxygen atoms in total. The molecule has 0 atom stereocenters. The first-order valence-electron chi connectivity index (χ1n) is 5.38. The highest BCUT2D eigenvalue weighted by atomic mass is 16.6. The lowest BCUT2D eigenvalue weighted by molar-refractivity contribution is -0.400. The molecule has 0 amide bonds. The molecule has 0 aromatic heterocycles. The molecule has 0 unspecified atom stereocenters. The zero-order valence-corrected chi connectivity index (χ0v) is 9.88. The molecule has 0 spiro atoms. The molecule has 5 heteroatoms. The highest BCUT2D eigenvalue weighted by Gasteiger charge is 2.04. The van der Waals surface area contributed by atoms with Gasteiger partial charge in [0.05, 0.1) is 18.1 Å². The van der Waals surface area contributed by atoms with E-state index in [0.29, 0.717) is 30.3 Å². The number of ether oxygens (including phenoxy) is 2. The van der Waals surface area contributed by atoms with Crippen molar-refractivity contribution in [3.05, 3.63) is 40.1 Å². The fourth-order valence-electron chi connectivity index (χ4n) is 1.34. The first kappa shape index (κ1) is 13.0. The molecule has 17 heavy (non-hydrogen) atoms. The van der Waals surface area contributed by atoms with Crippen LogP contribution in [0.4, 0.5) is 0 Å². The summed E-state index contributed by atoms with van der Waals surface area (Å²) in [6, 6.07) is 5.24. The number of rotatable bonds is 6. The minimum absolute atomic E-state index is 0.507. The number of nitrogens with zero attached hydrogens (tertiary/aromatic N) is 1. The molecule has 0 N–H and O–H groups in total. The molecule has 1 rings (SSSR count). The lowest BCUT2D eigenvalue weighted by atomic mass is 10.2. The number of hydrogen-bond acceptors (Lipinski definition) is 4. The first-order chi connectivity index (χ1) is 8.17. The Kier molecular flexibility index (Phi) is 5.00. The van der Waals surface area contributed by atoms with Crippen molar-refractivity contribution in [3.8, 4) is 11.5 Å². The average Bonchev–Trinajstić information content (AvgIpc) is 2.29. The molecule has 0 saturated heterocycles. The van der Waals surface area contributed by atoms with Gasteiger partial charge in [0.15, 0.2) is 0 Å². The van der Waals surface area contributed by atoms with Gasteiger partial charge in [-0.15, -0.1) is 0 Å². The summed E-state index contributed by atoms with van der Waals surface area (Å²) < 4.78 is 10.7. The molecule has 0 fully saturated rings. The maximum absolute atomic E-state index is 10.3. The van der Waals surface area contributed by atoms with Crippen LogP contribution in [0.2, 0.25) is 0 Å². The van der Waals surface area contributed by atoms with Gasteiger partial charge in [0, 0.05) is 11.6 Å². The van der Waals surface area contributed by atoms with Gasteiger partial charge in [-0.3, -0.25) is 10.1 Å². The predicted molar refractivity (Wildman–Crippen MR) is 64.8 cm³/mol. The summed E-state index contributed by atoms with van der Waals surface area (Å²) in [6.45, 7) is 4.79. The van der Waals surface area contributed by atoms with E-state index >= 15 is 0 Å². The van der Waals surface area contributed by atoms with Crippen LogP contribution in [-0.2, 0) is 0 Å². The number of benzene rings is 1. The van der Waals surface area contributed by atoms with E-state index in [4.69, 9.17) is 9.47 Å². The zero-order valence-electron chi connectivity index (χ0n) is 9.88. The average molecular weight is 237 g/mol. The van der Waals surface area contributed by atoms with Crippen LogP contribution in [-0.4, -0.2) is 18.1 Å². The molecule has 1 aromatic rings. The van der Waals surface area contributed by atoms with Gasteiger partial charge in [-0.2, -0.15) is 0 Å². The molecular weight excluding hydrogens is 222 g/mol. The smallest absolute Gasteiger partial charge is 0.235 e. The predicted octanol–water partition coefficient (Wildman–Crippen LogP) is 2.73. The molecule has 92 valence electrons. The third-order valence-electron chi connectivity index (χ3n) is 1.97. The van der Waals surface area contributed by atoms with Crippen LogP contribution < -0.4 is 9.47 Å². The second-order valence-electron chi connectivity index (χ2n) is 3.17. The standard InChI is InChI=1S/C12H15NO4/c1-3-16-11-5-6-12(17-4-2)10(9-11)7-8-13(14)15/h5-9H,3-4H2,1-2H3/b8-7+. The van der Waals surface area contributed by atoms with Crippen LogP contribution in [0.25, 0.3) is 6.08 Å². The van der Waals surface area contributed by atoms with E-state index in [2.05, 4.69) is 0 Å². The van der Waals surface area contributed by atoms with Crippen LogP contribution in [0.3, 0.4) is 0 Å². The quantitative estimate of drug-likeness (QED) is 0.563. The van der Waals surface area contributed by atoms with E-state index in [9.17, 15) is 10.1 Å². The Bertz CT molecular complexity index is 415. The minimum atomic E-state index is -0.511. The summed E-state index contributed by atoms with van der Waals surface area (Å²) >= 11 is 0. The van der Waals surface area contributed by atoms with Gasteiger partial charge in [-0.25, -0.2) is 0 Å². The largest absolute Gasteiger partial charge is 0.494 e. The van der Waals surface area contributed by atoms with E-state index < -0.39 is 4.92 Å². The van der Waals surface area contributed by atoms with Gasteiger partial charge >= 0.3 is 0 Å². The van der Waals surface area contributed by atoms with Crippen molar-refractivity contribution >= 4 is 6.08 Å². The Labute approximate surface area is 99.8 Å². The number of hydrogen-bond donors (Lipinski definition) is 0. The van der Waals surface area contributed by atoms with Gasteiger partial charge in [0.25, 0.3) is 0 Å². The summed E-state index contributed by atoms with van der Waals surface area (Å²) in [7, 11) is 0. The third kappa shape index (κ3) is 4.14. The van der Waals surface area contributed by atoms with Crippen molar-refractivity contribution in [1.82, 2.24) is 0 Å². The molecular formula is C12H15NO4. The van der Waals surface area contributed by atoms with E-state index in [-0.39, 0.29) is 0 Å². The molecule has 0 radical (unpaired) electrons. The fourth-order valence-corrected chi connectivity index (χ4v) is 1.34. The maximum atomic E-state index is 10.3. The van der Waals surface area contributed by atoms with E-state index in [1.54, 1.807) is 18.2 Å². The van der Waals surface area contributed by atoms with Crippen LogP contribution in [0.5, 0.6) is 11.5 Å². The van der Waals surface area contributed by atoms with Gasteiger partial charge < -0.3 is 9.47 Å². The topological polar surface area (TPSA) is 61.6 Å². The van der Waals surface area contributed by atoms with Crippen molar-refractivity contribution in [3.63, 3.8) is 0 Å². The number of nitro groups is 1. The van der Waals surface area contributed by atoms with Crippen LogP contribution >= 0.6 is 0 Å². The highest BCUT2D eigenvalue weighted by Crippen LogP contribution is 2.25. The maximum Gasteiger partial charge on any atom is 0.235 e. The van der Waals surface area contributed by atoms with Gasteiger partial charge in [0.1, 0.15) is 11.5 Å². The van der Waals surface area contributed by atoms with Crippen LogP contribution in [0.1, 0.15) is 19.4 Å².